The molecule has 0 aliphatic heterocycles. The third-order valence-corrected chi connectivity index (χ3v) is 0. The predicted octanol–water partition coefficient (Wildman–Crippen LogP) is -0.844. The van der Waals surface area contributed by atoms with Gasteiger partial charge in [-0.15, -0.1) is 0 Å². The van der Waals surface area contributed by atoms with Gasteiger partial charge in [-0.05, 0) is 4.57 Å². The molecule has 0 rings (SSSR count). The maximum Gasteiger partial charge on any atom is 0.491 e. The van der Waals surface area contributed by atoms with Gasteiger partial charge in [0.15, 0.2) is 0 Å². The first-order valence-corrected chi connectivity index (χ1v) is 1.28. The molecule has 5 heteroatoms. The van der Waals surface area contributed by atoms with Gasteiger partial charge < -0.3 is 0 Å². The molecule has 0 aliphatic carbocycles. The van der Waals surface area contributed by atoms with Crippen LogP contribution < -0.4 is 0 Å². The van der Waals surface area contributed by atoms with E-state index in [0.29, 0.717) is 0 Å². The van der Waals surface area contributed by atoms with Gasteiger partial charge in [0.05, 0.1) is 0 Å². The van der Waals surface area contributed by atoms with Gasteiger partial charge in [0.1, 0.15) is 0 Å². The summed E-state index contributed by atoms with van der Waals surface area (Å²) in [6.07, 6.45) is 0. The summed E-state index contributed by atoms with van der Waals surface area (Å²) in [6, 6.07) is 0. The van der Waals surface area contributed by atoms with E-state index in [9.17, 15) is 0 Å². The normalized spacial score (nSPS) is 4.20. The van der Waals surface area contributed by atoms with Crippen LogP contribution in [-0.2, 0) is 4.57 Å². The molecule has 2 nitrogen and oxygen atoms in total. The predicted molar refractivity (Wildman–Crippen MR) is 22.7 cm³/mol. The molecule has 0 amide bonds. The van der Waals surface area contributed by atoms with Crippen molar-refractivity contribution in [1.82, 2.24) is 0 Å². The summed E-state index contributed by atoms with van der Waals surface area (Å²) in [5.74, 6) is 0. The smallest absolute Gasteiger partial charge is 0.162 e. The Morgan fingerprint density at radius 2 is 1.40 bits per heavy atom. The molecule has 0 saturated carbocycles. The molecule has 0 aliphatic rings. The van der Waals surface area contributed by atoms with Gasteiger partial charge in [-0.3, -0.25) is 0 Å². The van der Waals surface area contributed by atoms with Gasteiger partial charge in [-0.25, -0.2) is 0 Å². The molecular weight excluding hydrogens is 76.9 g/mol. The van der Waals surface area contributed by atoms with E-state index >= 15 is 0 Å². The molecule has 0 saturated heterocycles. The van der Waals surface area contributed by atoms with Gasteiger partial charge in [0.25, 0.3) is 0 Å². The van der Waals surface area contributed by atoms with Gasteiger partial charge in [-0.1, -0.05) is 0 Å². The summed E-state index contributed by atoms with van der Waals surface area (Å²) in [5.41, 5.74) is 0. The number of rotatable bonds is 0. The number of hydrogen-bond donors (Lipinski definition) is 1. The quantitative estimate of drug-likeness (QED) is 0.303. The van der Waals surface area contributed by atoms with Crippen LogP contribution in [0.15, 0.2) is 0 Å². The average molecular weight is 78.9 g/mol. The molecule has 0 aromatic rings. The first-order valence-electron chi connectivity index (χ1n) is 0.428. The topological polar surface area (TPSA) is 37.3 Å². The molecule has 1 unspecified atom stereocenters. The van der Waals surface area contributed by atoms with Gasteiger partial charge in [0.2, 0.25) is 0 Å². The Kier molecular flexibility index (Phi) is 61.0. The van der Waals surface area contributed by atoms with Crippen molar-refractivity contribution in [3.63, 3.8) is 0 Å². The minimum absolute atomic E-state index is 0. The molecule has 2 radical (unpaired) electrons. The zero-order valence-electron chi connectivity index (χ0n) is 3.36. The van der Waals surface area contributed by atoms with Crippen LogP contribution in [0.4, 0.5) is 0 Å². The second-order valence-electron chi connectivity index (χ2n) is 0.0913. The summed E-state index contributed by atoms with van der Waals surface area (Å²) in [6.45, 7) is 0. The maximum atomic E-state index is 8.51. The molecule has 0 bridgehead atoms. The van der Waals surface area contributed by atoms with Gasteiger partial charge in [-0.2, -0.15) is 4.89 Å². The van der Waals surface area contributed by atoms with E-state index in [2.05, 4.69) is 0 Å². The van der Waals surface area contributed by atoms with E-state index in [0.717, 1.165) is 0 Å². The van der Waals surface area contributed by atoms with E-state index < -0.39 is 8.69 Å². The minimum Gasteiger partial charge on any atom is -0.162 e. The number of hydrogen-bond acceptors (Lipinski definition) is 1. The Balaban J connectivity index is -0.0000000200. The molecule has 1 N–H and O–H groups in total. The molecule has 0 aromatic carbocycles. The van der Waals surface area contributed by atoms with Crippen LogP contribution in [0.2, 0.25) is 0 Å². The SMILES string of the molecule is O=[PH+]O.[Li].[Li]. The standard InChI is InChI=1S/2Li.HO2P/c;;1-3-2/h;;3H/p+1. The molecule has 20 valence electrons. The van der Waals surface area contributed by atoms with Crippen LogP contribution in [-0.4, -0.2) is 42.6 Å². The molecule has 1 atom stereocenters. The van der Waals surface area contributed by atoms with Crippen molar-refractivity contribution in [2.75, 3.05) is 0 Å². The third kappa shape index (κ3) is 35.4. The fraction of sp³-hybridized carbons (Fsp3) is 0. The van der Waals surface area contributed by atoms with E-state index in [4.69, 9.17) is 9.46 Å². The third-order valence-electron chi connectivity index (χ3n) is 0. The summed E-state index contributed by atoms with van der Waals surface area (Å²) in [7, 11) is -1.17. The monoisotopic (exact) mass is 79.0 g/mol. The van der Waals surface area contributed by atoms with Crippen molar-refractivity contribution in [2.24, 2.45) is 0 Å². The van der Waals surface area contributed by atoms with Crippen molar-refractivity contribution in [2.45, 2.75) is 0 Å². The average Bonchev–Trinajstić information content (AvgIpc) is 0.918. The zero-order valence-corrected chi connectivity index (χ0v) is 4.36. The first kappa shape index (κ1) is 16.3. The van der Waals surface area contributed by atoms with E-state index in [1.807, 2.05) is 0 Å². The van der Waals surface area contributed by atoms with Gasteiger partial charge >= 0.3 is 8.69 Å². The minimum atomic E-state index is -1.17. The summed E-state index contributed by atoms with van der Waals surface area (Å²) < 4.78 is 8.51. The van der Waals surface area contributed by atoms with Crippen LogP contribution in [0.25, 0.3) is 0 Å². The Morgan fingerprint density at radius 3 is 1.40 bits per heavy atom. The van der Waals surface area contributed by atoms with Crippen molar-refractivity contribution < 1.29 is 9.46 Å². The fourth-order valence-corrected chi connectivity index (χ4v) is 0. The molecule has 5 heavy (non-hydrogen) atoms. The Bertz CT molecular complexity index is 15.1. The molecule has 0 spiro atoms. The van der Waals surface area contributed by atoms with Crippen molar-refractivity contribution >= 4 is 46.4 Å². The molecule has 0 fully saturated rings. The van der Waals surface area contributed by atoms with Crippen LogP contribution in [0, 0.1) is 0 Å². The van der Waals surface area contributed by atoms with Gasteiger partial charge in [0, 0.05) is 37.7 Å². The largest absolute Gasteiger partial charge is 0.491 e. The fourth-order valence-electron chi connectivity index (χ4n) is 0. The van der Waals surface area contributed by atoms with Crippen molar-refractivity contribution in [3.05, 3.63) is 0 Å². The summed E-state index contributed by atoms with van der Waals surface area (Å²) in [4.78, 5) is 7.04. The summed E-state index contributed by atoms with van der Waals surface area (Å²) in [5, 5.41) is 0. The van der Waals surface area contributed by atoms with Crippen LogP contribution in [0.1, 0.15) is 0 Å². The Labute approximate surface area is 56.0 Å². The van der Waals surface area contributed by atoms with Crippen molar-refractivity contribution in [1.29, 1.82) is 0 Å². The first-order chi connectivity index (χ1) is 1.41. The van der Waals surface area contributed by atoms with E-state index in [1.165, 1.54) is 0 Å². The zero-order chi connectivity index (χ0) is 2.71. The van der Waals surface area contributed by atoms with Crippen molar-refractivity contribution in [3.8, 4) is 0 Å². The second kappa shape index (κ2) is 18.7. The molecule has 0 heterocycles. The maximum absolute atomic E-state index is 8.51. The van der Waals surface area contributed by atoms with E-state index in [1.54, 1.807) is 0 Å². The van der Waals surface area contributed by atoms with Crippen LogP contribution in [0.5, 0.6) is 0 Å². The van der Waals surface area contributed by atoms with Crippen LogP contribution in [0.3, 0.4) is 0 Å². The second-order valence-corrected chi connectivity index (χ2v) is 0.274. The Morgan fingerprint density at radius 1 is 1.40 bits per heavy atom. The molecule has 0 aromatic heterocycles. The Hall–Kier alpha value is 1.25. The van der Waals surface area contributed by atoms with Crippen LogP contribution >= 0.6 is 8.69 Å². The van der Waals surface area contributed by atoms with E-state index in [-0.39, 0.29) is 37.7 Å². The molecular formula is H2Li2O2P+. The summed E-state index contributed by atoms with van der Waals surface area (Å²) >= 11 is 0.